The van der Waals surface area contributed by atoms with Gasteiger partial charge >= 0.3 is 6.09 Å². The van der Waals surface area contributed by atoms with Crippen molar-refractivity contribution >= 4 is 61.3 Å². The Hall–Kier alpha value is -4.45. The predicted molar refractivity (Wildman–Crippen MR) is 142 cm³/mol. The lowest BCUT2D eigenvalue weighted by Gasteiger charge is -2.25. The van der Waals surface area contributed by atoms with Gasteiger partial charge in [0.1, 0.15) is 11.4 Å². The molecule has 186 valence electrons. The second-order valence-electron chi connectivity index (χ2n) is 8.54. The van der Waals surface area contributed by atoms with E-state index >= 15 is 0 Å². The fraction of sp³-hybridized carbons (Fsp3) is 0.115. The van der Waals surface area contributed by atoms with Crippen LogP contribution in [-0.4, -0.2) is 49.4 Å². The molecule has 1 aliphatic rings. The van der Waals surface area contributed by atoms with Gasteiger partial charge in [0, 0.05) is 36.1 Å². The van der Waals surface area contributed by atoms with Crippen molar-refractivity contribution in [1.82, 2.24) is 19.9 Å². The molecular formula is C26H22N6O4S. The molecule has 0 radical (unpaired) electrons. The van der Waals surface area contributed by atoms with E-state index in [1.807, 2.05) is 29.8 Å². The fourth-order valence-electron chi connectivity index (χ4n) is 4.29. The number of fused-ring (bicyclic) bond motifs is 2. The molecule has 0 aliphatic carbocycles. The monoisotopic (exact) mass is 514 g/mol. The molecule has 1 aliphatic heterocycles. The standard InChI is InChI=1S/C26H22N6O4S/c33-26(36-19-4-2-18(3-5-19)32(34)35)31-11-8-16(9-12-31)23-14-20-21(7-10-27-25(20)30-23)29-17-1-6-22-24(13-17)37-15-28-22/h1-8,10,13-15,34-35H,9,11-12H2,(H2,27,29,30). The number of hydrogen-bond donors (Lipinski definition) is 4. The van der Waals surface area contributed by atoms with Crippen LogP contribution in [0.1, 0.15) is 12.1 Å². The Kier molecular flexibility index (Phi) is 5.93. The first-order valence-electron chi connectivity index (χ1n) is 11.6. The third-order valence-electron chi connectivity index (χ3n) is 6.23. The Morgan fingerprint density at radius 2 is 1.97 bits per heavy atom. The van der Waals surface area contributed by atoms with Gasteiger partial charge in [-0.25, -0.2) is 14.8 Å². The van der Waals surface area contributed by atoms with Crippen LogP contribution in [0.15, 0.2) is 72.4 Å². The first kappa shape index (κ1) is 23.0. The maximum absolute atomic E-state index is 12.6. The zero-order valence-corrected chi connectivity index (χ0v) is 20.3. The van der Waals surface area contributed by atoms with Gasteiger partial charge < -0.3 is 19.9 Å². The summed E-state index contributed by atoms with van der Waals surface area (Å²) in [5.74, 6) is 0.321. The second-order valence-corrected chi connectivity index (χ2v) is 9.43. The molecule has 4 heterocycles. The summed E-state index contributed by atoms with van der Waals surface area (Å²) in [6.07, 6.45) is 3.98. The topological polar surface area (TPSA) is 127 Å². The average Bonchev–Trinajstić information content (AvgIpc) is 3.56. The Labute approximate surface area is 215 Å². The van der Waals surface area contributed by atoms with Gasteiger partial charge in [-0.3, -0.25) is 10.4 Å². The number of H-pyrrole nitrogens is 1. The number of thiazole rings is 1. The highest BCUT2D eigenvalue weighted by Crippen LogP contribution is 2.31. The van der Waals surface area contributed by atoms with E-state index in [-0.39, 0.29) is 10.9 Å². The average molecular weight is 515 g/mol. The number of pyridine rings is 1. The minimum atomic E-state index is -0.462. The normalized spacial score (nSPS) is 13.6. The number of hydrogen-bond acceptors (Lipinski definition) is 9. The summed E-state index contributed by atoms with van der Waals surface area (Å²) in [4.78, 5) is 26.4. The van der Waals surface area contributed by atoms with Gasteiger partial charge in [-0.1, -0.05) is 6.08 Å². The quantitative estimate of drug-likeness (QED) is 0.217. The molecule has 37 heavy (non-hydrogen) atoms. The minimum absolute atomic E-state index is 0.00268. The molecule has 10 nitrogen and oxygen atoms in total. The molecule has 5 aromatic rings. The van der Waals surface area contributed by atoms with Gasteiger partial charge in [0.25, 0.3) is 0 Å². The van der Waals surface area contributed by atoms with Gasteiger partial charge in [-0.05, 0) is 66.6 Å². The maximum atomic E-state index is 12.6. The summed E-state index contributed by atoms with van der Waals surface area (Å²) in [5, 5.41) is 22.5. The van der Waals surface area contributed by atoms with Crippen LogP contribution in [0.4, 0.5) is 21.9 Å². The number of anilines is 3. The van der Waals surface area contributed by atoms with E-state index in [4.69, 9.17) is 15.2 Å². The number of nitrogens with one attached hydrogen (secondary N) is 2. The molecule has 0 fully saturated rings. The van der Waals surface area contributed by atoms with Crippen LogP contribution in [-0.2, 0) is 0 Å². The molecule has 0 spiro atoms. The number of amides is 1. The molecule has 3 aromatic heterocycles. The van der Waals surface area contributed by atoms with E-state index in [2.05, 4.69) is 32.4 Å². The summed E-state index contributed by atoms with van der Waals surface area (Å²) in [6, 6.07) is 16.0. The Balaban J connectivity index is 1.16. The number of aromatic amines is 1. The highest BCUT2D eigenvalue weighted by Gasteiger charge is 2.21. The van der Waals surface area contributed by atoms with E-state index < -0.39 is 6.09 Å². The lowest BCUT2D eigenvalue weighted by Crippen LogP contribution is -2.36. The summed E-state index contributed by atoms with van der Waals surface area (Å²) in [5.41, 5.74) is 7.79. The van der Waals surface area contributed by atoms with Crippen LogP contribution in [0.25, 0.3) is 26.8 Å². The molecule has 0 atom stereocenters. The van der Waals surface area contributed by atoms with Crippen molar-refractivity contribution in [2.75, 3.05) is 23.6 Å². The molecule has 0 saturated heterocycles. The lowest BCUT2D eigenvalue weighted by molar-refractivity contribution is 0.0291. The van der Waals surface area contributed by atoms with Crippen LogP contribution in [0, 0.1) is 0 Å². The molecular weight excluding hydrogens is 492 g/mol. The molecule has 6 rings (SSSR count). The SMILES string of the molecule is O=C(Oc1ccc(N(O)O)cc1)N1CC=C(c2cc3c(Nc4ccc5ncsc5c4)ccnc3[nH]2)CC1. The van der Waals surface area contributed by atoms with E-state index in [9.17, 15) is 4.79 Å². The smallest absolute Gasteiger partial charge is 0.410 e. The van der Waals surface area contributed by atoms with Crippen LogP contribution in [0.5, 0.6) is 5.75 Å². The van der Waals surface area contributed by atoms with E-state index in [0.29, 0.717) is 25.3 Å². The molecule has 11 heteroatoms. The van der Waals surface area contributed by atoms with E-state index in [0.717, 1.165) is 43.9 Å². The van der Waals surface area contributed by atoms with Crippen LogP contribution < -0.4 is 15.3 Å². The molecule has 0 bridgehead atoms. The minimum Gasteiger partial charge on any atom is -0.410 e. The number of benzene rings is 2. The Morgan fingerprint density at radius 1 is 1.11 bits per heavy atom. The Morgan fingerprint density at radius 3 is 2.76 bits per heavy atom. The van der Waals surface area contributed by atoms with Gasteiger partial charge in [-0.15, -0.1) is 16.6 Å². The summed E-state index contributed by atoms with van der Waals surface area (Å²) in [6.45, 7) is 0.919. The first-order chi connectivity index (χ1) is 18.0. The van der Waals surface area contributed by atoms with Crippen molar-refractivity contribution in [3.05, 3.63) is 78.1 Å². The van der Waals surface area contributed by atoms with Crippen molar-refractivity contribution in [2.24, 2.45) is 0 Å². The van der Waals surface area contributed by atoms with Gasteiger partial charge in [-0.2, -0.15) is 0 Å². The van der Waals surface area contributed by atoms with E-state index in [1.54, 1.807) is 22.4 Å². The second kappa shape index (κ2) is 9.54. The number of nitrogens with zero attached hydrogens (tertiary/aromatic N) is 4. The van der Waals surface area contributed by atoms with Gasteiger partial charge in [0.05, 0.1) is 27.1 Å². The van der Waals surface area contributed by atoms with Crippen LogP contribution in [0.2, 0.25) is 0 Å². The van der Waals surface area contributed by atoms with Crippen molar-refractivity contribution in [3.8, 4) is 5.75 Å². The molecule has 4 N–H and O–H groups in total. The highest BCUT2D eigenvalue weighted by atomic mass is 32.1. The zero-order chi connectivity index (χ0) is 25.4. The highest BCUT2D eigenvalue weighted by molar-refractivity contribution is 7.16. The zero-order valence-electron chi connectivity index (χ0n) is 19.5. The van der Waals surface area contributed by atoms with Crippen LogP contribution >= 0.6 is 11.3 Å². The van der Waals surface area contributed by atoms with Gasteiger partial charge in [0.2, 0.25) is 0 Å². The first-order valence-corrected chi connectivity index (χ1v) is 12.4. The molecule has 2 aromatic carbocycles. The largest absolute Gasteiger partial charge is 0.415 e. The lowest BCUT2D eigenvalue weighted by atomic mass is 10.1. The third-order valence-corrected chi connectivity index (χ3v) is 7.02. The van der Waals surface area contributed by atoms with Gasteiger partial charge in [0.15, 0.2) is 0 Å². The van der Waals surface area contributed by atoms with Crippen molar-refractivity contribution < 1.29 is 19.9 Å². The number of aromatic nitrogens is 3. The van der Waals surface area contributed by atoms with Crippen molar-refractivity contribution in [1.29, 1.82) is 0 Å². The van der Waals surface area contributed by atoms with Crippen molar-refractivity contribution in [3.63, 3.8) is 0 Å². The summed E-state index contributed by atoms with van der Waals surface area (Å²) >= 11 is 1.61. The fourth-order valence-corrected chi connectivity index (χ4v) is 5.01. The number of carbonyl (C=O) groups excluding carboxylic acids is 1. The predicted octanol–water partition coefficient (Wildman–Crippen LogP) is 5.79. The molecule has 1 amide bonds. The number of ether oxygens (including phenoxy) is 1. The van der Waals surface area contributed by atoms with Crippen molar-refractivity contribution in [2.45, 2.75) is 6.42 Å². The Bertz CT molecular complexity index is 1630. The number of rotatable bonds is 5. The molecule has 0 unspecified atom stereocenters. The van der Waals surface area contributed by atoms with Crippen LogP contribution in [0.3, 0.4) is 0 Å². The number of carbonyl (C=O) groups is 1. The molecule has 0 saturated carbocycles. The van der Waals surface area contributed by atoms with E-state index in [1.165, 1.54) is 24.3 Å². The summed E-state index contributed by atoms with van der Waals surface area (Å²) < 4.78 is 6.54. The third kappa shape index (κ3) is 4.70. The maximum Gasteiger partial charge on any atom is 0.415 e. The summed E-state index contributed by atoms with van der Waals surface area (Å²) in [7, 11) is 0.